The Morgan fingerprint density at radius 2 is 1.96 bits per heavy atom. The fourth-order valence-electron chi connectivity index (χ4n) is 2.05. The summed E-state index contributed by atoms with van der Waals surface area (Å²) in [6, 6.07) is 13.2. The summed E-state index contributed by atoms with van der Waals surface area (Å²) in [4.78, 5) is 12.1. The first kappa shape index (κ1) is 18.2. The highest BCUT2D eigenvalue weighted by atomic mass is 32.2. The lowest BCUT2D eigenvalue weighted by molar-refractivity contribution is 0.597. The highest BCUT2D eigenvalue weighted by Gasteiger charge is 2.16. The Morgan fingerprint density at radius 1 is 1.07 bits per heavy atom. The number of hydrazone groups is 1. The number of pyridine rings is 3. The van der Waals surface area contributed by atoms with Crippen molar-refractivity contribution in [2.45, 2.75) is 5.03 Å². The molecule has 0 aliphatic carbocycles. The number of rotatable bonds is 7. The van der Waals surface area contributed by atoms with Crippen molar-refractivity contribution in [3.63, 3.8) is 0 Å². The minimum atomic E-state index is -3.81. The number of allylic oxidation sites excluding steroid dienone is 1. The van der Waals surface area contributed by atoms with Crippen molar-refractivity contribution < 1.29 is 8.42 Å². The number of nitrogens with zero attached hydrogens (tertiary/aromatic N) is 4. The average molecular weight is 380 g/mol. The van der Waals surface area contributed by atoms with Crippen LogP contribution in [0.3, 0.4) is 0 Å². The molecule has 0 spiro atoms. The number of hydrogen-bond donors (Lipinski definition) is 2. The highest BCUT2D eigenvalue weighted by Crippen LogP contribution is 2.15. The van der Waals surface area contributed by atoms with Gasteiger partial charge in [0.15, 0.2) is 5.03 Å². The van der Waals surface area contributed by atoms with E-state index in [1.807, 2.05) is 6.07 Å². The second-order valence-electron chi connectivity index (χ2n) is 5.32. The van der Waals surface area contributed by atoms with Crippen LogP contribution in [0.5, 0.6) is 0 Å². The van der Waals surface area contributed by atoms with E-state index in [0.717, 1.165) is 5.69 Å². The van der Waals surface area contributed by atoms with Gasteiger partial charge >= 0.3 is 0 Å². The van der Waals surface area contributed by atoms with E-state index in [-0.39, 0.29) is 10.8 Å². The molecule has 0 aliphatic heterocycles. The second-order valence-corrected chi connectivity index (χ2v) is 6.95. The van der Waals surface area contributed by atoms with E-state index in [0.29, 0.717) is 11.3 Å². The summed E-state index contributed by atoms with van der Waals surface area (Å²) in [5.74, 6) is 0.160. The summed E-state index contributed by atoms with van der Waals surface area (Å²) in [5, 5.41) is 3.98. The van der Waals surface area contributed by atoms with Crippen LogP contribution in [0.15, 0.2) is 83.8 Å². The van der Waals surface area contributed by atoms with Crippen molar-refractivity contribution in [3.8, 4) is 0 Å². The van der Waals surface area contributed by atoms with Gasteiger partial charge < -0.3 is 0 Å². The van der Waals surface area contributed by atoms with E-state index in [9.17, 15) is 8.42 Å². The Kier molecular flexibility index (Phi) is 5.53. The van der Waals surface area contributed by atoms with Gasteiger partial charge in [-0.25, -0.2) is 9.97 Å². The molecule has 27 heavy (non-hydrogen) atoms. The zero-order valence-electron chi connectivity index (χ0n) is 14.1. The van der Waals surface area contributed by atoms with Crippen LogP contribution >= 0.6 is 0 Å². The quantitative estimate of drug-likeness (QED) is 0.482. The Bertz CT molecular complexity index is 1050. The molecule has 0 fully saturated rings. The molecule has 8 nitrogen and oxygen atoms in total. The molecule has 0 aromatic carbocycles. The van der Waals surface area contributed by atoms with Gasteiger partial charge in [-0.1, -0.05) is 18.7 Å². The zero-order chi connectivity index (χ0) is 19.1. The average Bonchev–Trinajstić information content (AvgIpc) is 2.69. The maximum atomic E-state index is 12.3. The molecule has 0 aliphatic rings. The van der Waals surface area contributed by atoms with Gasteiger partial charge in [0.2, 0.25) is 0 Å². The van der Waals surface area contributed by atoms with E-state index < -0.39 is 10.0 Å². The molecule has 0 radical (unpaired) electrons. The van der Waals surface area contributed by atoms with Crippen molar-refractivity contribution >= 4 is 33.3 Å². The fraction of sp³-hybridized carbons (Fsp3) is 0. The smallest absolute Gasteiger partial charge is 0.277 e. The van der Waals surface area contributed by atoms with Gasteiger partial charge in [-0.15, -0.1) is 0 Å². The molecule has 0 amide bonds. The molecule has 9 heteroatoms. The molecule has 3 heterocycles. The van der Waals surface area contributed by atoms with Crippen LogP contribution < -0.4 is 10.1 Å². The molecule has 0 saturated heterocycles. The molecule has 2 N–H and O–H groups in total. The van der Waals surface area contributed by atoms with Crippen LogP contribution in [0.25, 0.3) is 5.57 Å². The van der Waals surface area contributed by atoms with Gasteiger partial charge in [-0.2, -0.15) is 13.5 Å². The van der Waals surface area contributed by atoms with E-state index in [2.05, 4.69) is 36.8 Å². The minimum Gasteiger partial charge on any atom is -0.277 e. The monoisotopic (exact) mass is 380 g/mol. The number of anilines is 2. The maximum Gasteiger partial charge on any atom is 0.280 e. The number of sulfonamides is 1. The molecule has 3 rings (SSSR count). The Morgan fingerprint density at radius 3 is 2.70 bits per heavy atom. The standard InChI is InChI=1S/C18H16N6O2S/c1-14(12-21-23-15-6-5-10-19-13-15)16-7-4-8-17(22-16)24-27(25,26)18-9-2-3-11-20-18/h2-13,23H,1H2,(H,22,24)/b21-12-. The summed E-state index contributed by atoms with van der Waals surface area (Å²) in [6.45, 7) is 3.89. The number of hydrogen-bond acceptors (Lipinski definition) is 7. The predicted molar refractivity (Wildman–Crippen MR) is 105 cm³/mol. The van der Waals surface area contributed by atoms with Crippen LogP contribution in [0.4, 0.5) is 11.5 Å². The van der Waals surface area contributed by atoms with Crippen LogP contribution in [0.2, 0.25) is 0 Å². The minimum absolute atomic E-state index is 0.0849. The van der Waals surface area contributed by atoms with Crippen molar-refractivity contribution in [2.24, 2.45) is 5.10 Å². The number of nitrogens with one attached hydrogen (secondary N) is 2. The van der Waals surface area contributed by atoms with E-state index in [4.69, 9.17) is 0 Å². The predicted octanol–water partition coefficient (Wildman–Crippen LogP) is 2.78. The van der Waals surface area contributed by atoms with Crippen molar-refractivity contribution in [2.75, 3.05) is 10.1 Å². The highest BCUT2D eigenvalue weighted by molar-refractivity contribution is 7.92. The Hall–Kier alpha value is -3.59. The zero-order valence-corrected chi connectivity index (χ0v) is 15.0. The summed E-state index contributed by atoms with van der Waals surface area (Å²) < 4.78 is 27.1. The van der Waals surface area contributed by atoms with Gasteiger partial charge in [-0.3, -0.25) is 15.1 Å². The first-order valence-corrected chi connectivity index (χ1v) is 9.32. The largest absolute Gasteiger partial charge is 0.280 e. The molecule has 0 atom stereocenters. The molecule has 0 unspecified atom stereocenters. The van der Waals surface area contributed by atoms with Crippen molar-refractivity contribution in [3.05, 3.63) is 79.4 Å². The summed E-state index contributed by atoms with van der Waals surface area (Å²) in [7, 11) is -3.81. The molecule has 3 aromatic heterocycles. The maximum absolute atomic E-state index is 12.3. The lowest BCUT2D eigenvalue weighted by atomic mass is 10.2. The van der Waals surface area contributed by atoms with Gasteiger partial charge in [-0.05, 0) is 36.4 Å². The Balaban J connectivity index is 1.70. The van der Waals surface area contributed by atoms with Gasteiger partial charge in [0.05, 0.1) is 23.8 Å². The second kappa shape index (κ2) is 8.19. The molecule has 0 saturated carbocycles. The molecule has 136 valence electrons. The lowest BCUT2D eigenvalue weighted by Gasteiger charge is -2.08. The first-order chi connectivity index (χ1) is 13.0. The van der Waals surface area contributed by atoms with Gasteiger partial charge in [0.1, 0.15) is 5.82 Å². The molecular weight excluding hydrogens is 364 g/mol. The van der Waals surface area contributed by atoms with E-state index >= 15 is 0 Å². The van der Waals surface area contributed by atoms with E-state index in [1.165, 1.54) is 18.5 Å². The summed E-state index contributed by atoms with van der Waals surface area (Å²) >= 11 is 0. The van der Waals surface area contributed by atoms with Crippen LogP contribution in [-0.4, -0.2) is 29.6 Å². The third-order valence-corrected chi connectivity index (χ3v) is 4.58. The van der Waals surface area contributed by atoms with Gasteiger partial charge in [0, 0.05) is 18.0 Å². The molecular formula is C18H16N6O2S. The number of aromatic nitrogens is 3. The summed E-state index contributed by atoms with van der Waals surface area (Å²) in [5.41, 5.74) is 4.53. The van der Waals surface area contributed by atoms with Crippen molar-refractivity contribution in [1.29, 1.82) is 0 Å². The normalized spacial score (nSPS) is 11.3. The summed E-state index contributed by atoms with van der Waals surface area (Å²) in [6.07, 6.45) is 6.19. The van der Waals surface area contributed by atoms with Crippen molar-refractivity contribution in [1.82, 2.24) is 15.0 Å². The third kappa shape index (κ3) is 4.95. The lowest BCUT2D eigenvalue weighted by Crippen LogP contribution is -2.15. The molecule has 3 aromatic rings. The SMILES string of the molecule is C=C(/C=N\Nc1cccnc1)c1cccc(NS(=O)(=O)c2ccccn2)n1. The topological polar surface area (TPSA) is 109 Å². The fourth-order valence-corrected chi connectivity index (χ4v) is 3.00. The van der Waals surface area contributed by atoms with Gasteiger partial charge in [0.25, 0.3) is 10.0 Å². The van der Waals surface area contributed by atoms with E-state index in [1.54, 1.807) is 48.8 Å². The molecule has 0 bridgehead atoms. The van der Waals surface area contributed by atoms with Crippen LogP contribution in [0, 0.1) is 0 Å². The first-order valence-electron chi connectivity index (χ1n) is 7.84. The van der Waals surface area contributed by atoms with Crippen LogP contribution in [-0.2, 0) is 10.0 Å². The Labute approximate surface area is 156 Å². The third-order valence-electron chi connectivity index (χ3n) is 3.31. The van der Waals surface area contributed by atoms with Crippen LogP contribution in [0.1, 0.15) is 5.69 Å².